The van der Waals surface area contributed by atoms with Gasteiger partial charge in [0.2, 0.25) is 0 Å². The number of phenolic OH excluding ortho intramolecular Hbond substituents is 1. The van der Waals surface area contributed by atoms with Crippen LogP contribution < -0.4 is 0 Å². The number of aromatic hydroxyl groups is 1. The minimum absolute atomic E-state index is 0.000738. The molecule has 1 aliphatic rings. The molecule has 1 amide bonds. The molecule has 0 radical (unpaired) electrons. The standard InChI is InChI=1S/C22H17NO5/c24-16-9-4-8-15(12-16)19-18(20(25)14-6-2-1-3-7-14)21(26)22(27)23(19)13-17-10-5-11-28-17/h1-12,19,24-25H,13H2. The van der Waals surface area contributed by atoms with Crippen LogP contribution in [0.1, 0.15) is 22.9 Å². The number of benzene rings is 2. The van der Waals surface area contributed by atoms with E-state index in [2.05, 4.69) is 0 Å². The lowest BCUT2D eigenvalue weighted by molar-refractivity contribution is -0.140. The van der Waals surface area contributed by atoms with Crippen LogP contribution in [0.25, 0.3) is 5.76 Å². The van der Waals surface area contributed by atoms with Crippen molar-refractivity contribution in [3.8, 4) is 5.75 Å². The molecule has 0 bridgehead atoms. The first kappa shape index (κ1) is 17.6. The van der Waals surface area contributed by atoms with E-state index < -0.39 is 17.7 Å². The normalized spacial score (nSPS) is 18.6. The summed E-state index contributed by atoms with van der Waals surface area (Å²) in [7, 11) is 0. The molecule has 3 aromatic rings. The second-order valence-electron chi connectivity index (χ2n) is 6.47. The molecule has 1 aromatic heterocycles. The summed E-state index contributed by atoms with van der Waals surface area (Å²) in [5.74, 6) is -1.26. The molecule has 2 N–H and O–H groups in total. The van der Waals surface area contributed by atoms with Gasteiger partial charge in [0.1, 0.15) is 17.3 Å². The van der Waals surface area contributed by atoms with Crippen molar-refractivity contribution in [2.45, 2.75) is 12.6 Å². The lowest BCUT2D eigenvalue weighted by Crippen LogP contribution is -2.29. The number of Topliss-reactive ketones (excluding diaryl/α,β-unsaturated/α-hetero) is 1. The Labute approximate surface area is 161 Å². The summed E-state index contributed by atoms with van der Waals surface area (Å²) >= 11 is 0. The van der Waals surface area contributed by atoms with Crippen LogP contribution in [-0.2, 0) is 16.1 Å². The average molecular weight is 375 g/mol. The van der Waals surface area contributed by atoms with Gasteiger partial charge in [-0.1, -0.05) is 42.5 Å². The van der Waals surface area contributed by atoms with Crippen molar-refractivity contribution in [1.29, 1.82) is 0 Å². The van der Waals surface area contributed by atoms with Crippen molar-refractivity contribution in [3.05, 3.63) is 95.5 Å². The van der Waals surface area contributed by atoms with Gasteiger partial charge in [0.25, 0.3) is 11.7 Å². The molecule has 6 heteroatoms. The first-order chi connectivity index (χ1) is 13.6. The number of ketones is 1. The van der Waals surface area contributed by atoms with Crippen LogP contribution in [0.3, 0.4) is 0 Å². The average Bonchev–Trinajstić information content (AvgIpc) is 3.30. The number of hydrogen-bond donors (Lipinski definition) is 2. The number of rotatable bonds is 4. The molecule has 1 fully saturated rings. The number of nitrogens with zero attached hydrogens (tertiary/aromatic N) is 1. The van der Waals surface area contributed by atoms with Crippen LogP contribution in [0.4, 0.5) is 0 Å². The number of furan rings is 1. The molecule has 140 valence electrons. The van der Waals surface area contributed by atoms with E-state index in [4.69, 9.17) is 4.42 Å². The number of carbonyl (C=O) groups is 2. The number of likely N-dealkylation sites (tertiary alicyclic amines) is 1. The number of aliphatic hydroxyl groups excluding tert-OH is 1. The molecule has 28 heavy (non-hydrogen) atoms. The van der Waals surface area contributed by atoms with Crippen molar-refractivity contribution in [2.24, 2.45) is 0 Å². The number of phenols is 1. The maximum atomic E-state index is 12.8. The van der Waals surface area contributed by atoms with E-state index in [-0.39, 0.29) is 23.6 Å². The molecule has 0 aliphatic carbocycles. The first-order valence-corrected chi connectivity index (χ1v) is 8.71. The summed E-state index contributed by atoms with van der Waals surface area (Å²) in [6.45, 7) is 0.0590. The van der Waals surface area contributed by atoms with E-state index >= 15 is 0 Å². The molecule has 1 unspecified atom stereocenters. The van der Waals surface area contributed by atoms with Crippen molar-refractivity contribution >= 4 is 17.4 Å². The predicted molar refractivity (Wildman–Crippen MR) is 101 cm³/mol. The molecule has 1 aliphatic heterocycles. The Morgan fingerprint density at radius 3 is 2.46 bits per heavy atom. The third-order valence-corrected chi connectivity index (χ3v) is 4.68. The lowest BCUT2D eigenvalue weighted by Gasteiger charge is -2.24. The summed E-state index contributed by atoms with van der Waals surface area (Å²) < 4.78 is 5.33. The Hall–Kier alpha value is -3.80. The molecular formula is C22H17NO5. The lowest BCUT2D eigenvalue weighted by atomic mass is 9.95. The largest absolute Gasteiger partial charge is 0.508 e. The van der Waals surface area contributed by atoms with Gasteiger partial charge >= 0.3 is 0 Å². The summed E-state index contributed by atoms with van der Waals surface area (Å²) in [5.41, 5.74) is 0.931. The molecular weight excluding hydrogens is 358 g/mol. The van der Waals surface area contributed by atoms with Gasteiger partial charge in [-0.2, -0.15) is 0 Å². The highest BCUT2D eigenvalue weighted by Gasteiger charge is 2.46. The fraction of sp³-hybridized carbons (Fsp3) is 0.0909. The van der Waals surface area contributed by atoms with Gasteiger partial charge in [0.15, 0.2) is 0 Å². The zero-order chi connectivity index (χ0) is 19.7. The van der Waals surface area contributed by atoms with E-state index in [9.17, 15) is 19.8 Å². The summed E-state index contributed by atoms with van der Waals surface area (Å²) in [4.78, 5) is 26.9. The second-order valence-corrected chi connectivity index (χ2v) is 6.47. The molecule has 1 atom stereocenters. The zero-order valence-electron chi connectivity index (χ0n) is 14.8. The molecule has 2 aromatic carbocycles. The highest BCUT2D eigenvalue weighted by atomic mass is 16.3. The van der Waals surface area contributed by atoms with Crippen molar-refractivity contribution in [1.82, 2.24) is 4.90 Å². The highest BCUT2D eigenvalue weighted by molar-refractivity contribution is 6.46. The SMILES string of the molecule is O=C1C(=O)N(Cc2ccco2)C(c2cccc(O)c2)C1=C(O)c1ccccc1. The van der Waals surface area contributed by atoms with Gasteiger partial charge in [0.05, 0.1) is 24.4 Å². The minimum Gasteiger partial charge on any atom is -0.508 e. The number of amides is 1. The molecule has 0 spiro atoms. The molecule has 6 nitrogen and oxygen atoms in total. The number of hydrogen-bond acceptors (Lipinski definition) is 5. The minimum atomic E-state index is -0.850. The van der Waals surface area contributed by atoms with Crippen LogP contribution in [0.2, 0.25) is 0 Å². The quantitative estimate of drug-likeness (QED) is 0.413. The monoisotopic (exact) mass is 375 g/mol. The number of aliphatic hydroxyl groups is 1. The predicted octanol–water partition coefficient (Wildman–Crippen LogP) is 3.61. The summed E-state index contributed by atoms with van der Waals surface area (Å²) in [6, 6.07) is 17.4. The van der Waals surface area contributed by atoms with Crippen LogP contribution in [-0.4, -0.2) is 26.8 Å². The van der Waals surface area contributed by atoms with E-state index in [0.29, 0.717) is 16.9 Å². The molecule has 4 rings (SSSR count). The van der Waals surface area contributed by atoms with E-state index in [1.165, 1.54) is 23.3 Å². The van der Waals surface area contributed by atoms with Crippen LogP contribution in [0.15, 0.2) is 83.0 Å². The summed E-state index contributed by atoms with van der Waals surface area (Å²) in [6.07, 6.45) is 1.49. The van der Waals surface area contributed by atoms with Gasteiger partial charge in [-0.25, -0.2) is 0 Å². The highest BCUT2D eigenvalue weighted by Crippen LogP contribution is 2.40. The third-order valence-electron chi connectivity index (χ3n) is 4.68. The van der Waals surface area contributed by atoms with Gasteiger partial charge in [-0.3, -0.25) is 9.59 Å². The smallest absolute Gasteiger partial charge is 0.296 e. The topological polar surface area (TPSA) is 91.0 Å². The van der Waals surface area contributed by atoms with Crippen molar-refractivity contribution < 1.29 is 24.2 Å². The van der Waals surface area contributed by atoms with E-state index in [1.807, 2.05) is 0 Å². The van der Waals surface area contributed by atoms with Crippen LogP contribution >= 0.6 is 0 Å². The third kappa shape index (κ3) is 3.05. The Kier molecular flexibility index (Phi) is 4.45. The van der Waals surface area contributed by atoms with Gasteiger partial charge in [-0.15, -0.1) is 0 Å². The zero-order valence-corrected chi connectivity index (χ0v) is 14.8. The maximum absolute atomic E-state index is 12.8. The molecule has 0 saturated carbocycles. The summed E-state index contributed by atoms with van der Waals surface area (Å²) in [5, 5.41) is 20.8. The van der Waals surface area contributed by atoms with Gasteiger partial charge in [0, 0.05) is 5.56 Å². The Balaban J connectivity index is 1.88. The molecule has 2 heterocycles. The second kappa shape index (κ2) is 7.08. The number of carbonyl (C=O) groups excluding carboxylic acids is 2. The Morgan fingerprint density at radius 2 is 1.79 bits per heavy atom. The molecule has 1 saturated heterocycles. The van der Waals surface area contributed by atoms with Crippen LogP contribution in [0, 0.1) is 0 Å². The van der Waals surface area contributed by atoms with Gasteiger partial charge < -0.3 is 19.5 Å². The Bertz CT molecular complexity index is 1050. The first-order valence-electron chi connectivity index (χ1n) is 8.71. The van der Waals surface area contributed by atoms with Crippen molar-refractivity contribution in [2.75, 3.05) is 0 Å². The van der Waals surface area contributed by atoms with Crippen LogP contribution in [0.5, 0.6) is 5.75 Å². The fourth-order valence-corrected chi connectivity index (χ4v) is 3.41. The Morgan fingerprint density at radius 1 is 1.00 bits per heavy atom. The van der Waals surface area contributed by atoms with Gasteiger partial charge in [-0.05, 0) is 29.8 Å². The van der Waals surface area contributed by atoms with E-state index in [0.717, 1.165) is 0 Å². The fourth-order valence-electron chi connectivity index (χ4n) is 3.41. The van der Waals surface area contributed by atoms with Crippen molar-refractivity contribution in [3.63, 3.8) is 0 Å². The maximum Gasteiger partial charge on any atom is 0.296 e. The van der Waals surface area contributed by atoms with E-state index in [1.54, 1.807) is 54.6 Å².